The third-order valence-electron chi connectivity index (χ3n) is 4.32. The Hall–Kier alpha value is -1.81. The quantitative estimate of drug-likeness (QED) is 0.857. The van der Waals surface area contributed by atoms with Crippen molar-refractivity contribution in [3.63, 3.8) is 0 Å². The van der Waals surface area contributed by atoms with Gasteiger partial charge in [0.1, 0.15) is 0 Å². The summed E-state index contributed by atoms with van der Waals surface area (Å²) in [5.41, 5.74) is 1.97. The van der Waals surface area contributed by atoms with E-state index in [0.717, 1.165) is 36.1 Å². The highest BCUT2D eigenvalue weighted by Gasteiger charge is 2.10. The molecule has 0 spiro atoms. The van der Waals surface area contributed by atoms with Crippen molar-refractivity contribution in [2.45, 2.75) is 19.3 Å². The molecular formula is C17H23N3O. The van der Waals surface area contributed by atoms with Gasteiger partial charge in [-0.05, 0) is 45.0 Å². The second-order valence-corrected chi connectivity index (χ2v) is 5.80. The van der Waals surface area contributed by atoms with Gasteiger partial charge in [0, 0.05) is 30.7 Å². The number of aromatic nitrogens is 1. The Balaban J connectivity index is 1.69. The van der Waals surface area contributed by atoms with Crippen molar-refractivity contribution in [1.29, 1.82) is 0 Å². The summed E-state index contributed by atoms with van der Waals surface area (Å²) in [6.45, 7) is 4.55. The lowest BCUT2D eigenvalue weighted by Crippen LogP contribution is -2.23. The molecule has 0 radical (unpaired) electrons. The van der Waals surface area contributed by atoms with E-state index >= 15 is 0 Å². The predicted molar refractivity (Wildman–Crippen MR) is 88.0 cm³/mol. The summed E-state index contributed by atoms with van der Waals surface area (Å²) >= 11 is 0. The van der Waals surface area contributed by atoms with Gasteiger partial charge in [0.05, 0.1) is 5.52 Å². The third kappa shape index (κ3) is 3.10. The normalized spacial score (nSPS) is 15.7. The number of likely N-dealkylation sites (tertiary alicyclic amines) is 1. The van der Waals surface area contributed by atoms with Crippen LogP contribution in [0.2, 0.25) is 0 Å². The lowest BCUT2D eigenvalue weighted by atomic mass is 10.1. The maximum absolute atomic E-state index is 12.0. The number of pyridine rings is 1. The summed E-state index contributed by atoms with van der Waals surface area (Å²) in [5.74, 6) is 0. The van der Waals surface area contributed by atoms with Crippen LogP contribution in [0.5, 0.6) is 0 Å². The molecule has 0 aliphatic carbocycles. The van der Waals surface area contributed by atoms with Gasteiger partial charge in [0.15, 0.2) is 0 Å². The second kappa shape index (κ2) is 6.31. The number of nitrogens with one attached hydrogen (secondary N) is 1. The first-order chi connectivity index (χ1) is 10.3. The molecule has 3 rings (SSSR count). The number of benzene rings is 1. The zero-order valence-electron chi connectivity index (χ0n) is 12.6. The number of anilines is 1. The fraction of sp³-hybridized carbons (Fsp3) is 0.471. The van der Waals surface area contributed by atoms with E-state index in [-0.39, 0.29) is 5.56 Å². The van der Waals surface area contributed by atoms with Gasteiger partial charge in [-0.1, -0.05) is 18.2 Å². The van der Waals surface area contributed by atoms with Crippen LogP contribution >= 0.6 is 0 Å². The van der Waals surface area contributed by atoms with Gasteiger partial charge in [-0.3, -0.25) is 4.79 Å². The number of rotatable bonds is 5. The fourth-order valence-electron chi connectivity index (χ4n) is 3.09. The highest BCUT2D eigenvalue weighted by molar-refractivity contribution is 5.91. The van der Waals surface area contributed by atoms with Crippen LogP contribution in [0.15, 0.2) is 35.1 Å². The van der Waals surface area contributed by atoms with Gasteiger partial charge in [-0.15, -0.1) is 0 Å². The number of nitrogens with zero attached hydrogens (tertiary/aromatic N) is 2. The van der Waals surface area contributed by atoms with Crippen LogP contribution < -0.4 is 10.9 Å². The van der Waals surface area contributed by atoms with Gasteiger partial charge >= 0.3 is 0 Å². The molecule has 0 atom stereocenters. The molecule has 21 heavy (non-hydrogen) atoms. The average Bonchev–Trinajstić information content (AvgIpc) is 3.02. The number of hydrogen-bond acceptors (Lipinski definition) is 3. The minimum atomic E-state index is 0.0377. The summed E-state index contributed by atoms with van der Waals surface area (Å²) < 4.78 is 1.70. The van der Waals surface area contributed by atoms with Gasteiger partial charge < -0.3 is 14.8 Å². The molecule has 1 fully saturated rings. The summed E-state index contributed by atoms with van der Waals surface area (Å²) in [6.07, 6.45) is 3.79. The highest BCUT2D eigenvalue weighted by Crippen LogP contribution is 2.20. The molecule has 4 nitrogen and oxygen atoms in total. The SMILES string of the molecule is Cn1c(=O)cc(NCCCN2CCCC2)c2ccccc21. The third-order valence-corrected chi connectivity index (χ3v) is 4.32. The van der Waals surface area contributed by atoms with Gasteiger partial charge in [0.2, 0.25) is 0 Å². The average molecular weight is 285 g/mol. The molecule has 0 bridgehead atoms. The van der Waals surface area contributed by atoms with Crippen molar-refractivity contribution >= 4 is 16.6 Å². The molecule has 1 saturated heterocycles. The van der Waals surface area contributed by atoms with Crippen LogP contribution in [0.1, 0.15) is 19.3 Å². The minimum absolute atomic E-state index is 0.0377. The largest absolute Gasteiger partial charge is 0.384 e. The molecule has 0 amide bonds. The first kappa shape index (κ1) is 14.1. The van der Waals surface area contributed by atoms with Crippen molar-refractivity contribution in [2.24, 2.45) is 7.05 Å². The molecule has 1 N–H and O–H groups in total. The first-order valence-corrected chi connectivity index (χ1v) is 7.81. The highest BCUT2D eigenvalue weighted by atomic mass is 16.1. The maximum atomic E-state index is 12.0. The van der Waals surface area contributed by atoms with Crippen LogP contribution in [0.3, 0.4) is 0 Å². The topological polar surface area (TPSA) is 37.3 Å². The minimum Gasteiger partial charge on any atom is -0.384 e. The Morgan fingerprint density at radius 3 is 2.76 bits per heavy atom. The first-order valence-electron chi connectivity index (χ1n) is 7.81. The van der Waals surface area contributed by atoms with Crippen LogP contribution in [-0.2, 0) is 7.05 Å². The van der Waals surface area contributed by atoms with Crippen molar-refractivity contribution in [3.8, 4) is 0 Å². The number of hydrogen-bond donors (Lipinski definition) is 1. The Morgan fingerprint density at radius 2 is 1.95 bits per heavy atom. The summed E-state index contributed by atoms with van der Waals surface area (Å²) in [5, 5.41) is 4.55. The van der Waals surface area contributed by atoms with Crippen LogP contribution in [0.4, 0.5) is 5.69 Å². The van der Waals surface area contributed by atoms with E-state index in [4.69, 9.17) is 0 Å². The molecule has 0 unspecified atom stereocenters. The number of para-hydroxylation sites is 1. The van der Waals surface area contributed by atoms with E-state index in [1.54, 1.807) is 10.6 Å². The van der Waals surface area contributed by atoms with E-state index in [1.165, 1.54) is 25.9 Å². The lowest BCUT2D eigenvalue weighted by molar-refractivity contribution is 0.337. The van der Waals surface area contributed by atoms with Gasteiger partial charge in [-0.2, -0.15) is 0 Å². The molecule has 1 aromatic heterocycles. The van der Waals surface area contributed by atoms with Crippen molar-refractivity contribution in [1.82, 2.24) is 9.47 Å². The van der Waals surface area contributed by atoms with Gasteiger partial charge in [0.25, 0.3) is 5.56 Å². The molecule has 4 heteroatoms. The van der Waals surface area contributed by atoms with E-state index in [1.807, 2.05) is 25.2 Å². The molecular weight excluding hydrogens is 262 g/mol. The van der Waals surface area contributed by atoms with Crippen LogP contribution in [-0.4, -0.2) is 35.6 Å². The molecule has 2 heterocycles. The van der Waals surface area contributed by atoms with Crippen molar-refractivity contribution < 1.29 is 0 Å². The predicted octanol–water partition coefficient (Wildman–Crippen LogP) is 2.44. The van der Waals surface area contributed by atoms with Crippen LogP contribution in [0, 0.1) is 0 Å². The van der Waals surface area contributed by atoms with E-state index in [9.17, 15) is 4.79 Å². The van der Waals surface area contributed by atoms with Gasteiger partial charge in [-0.25, -0.2) is 0 Å². The molecule has 2 aromatic rings. The molecule has 1 aromatic carbocycles. The van der Waals surface area contributed by atoms with Crippen molar-refractivity contribution in [2.75, 3.05) is 31.5 Å². The smallest absolute Gasteiger partial charge is 0.252 e. The zero-order valence-corrected chi connectivity index (χ0v) is 12.6. The Morgan fingerprint density at radius 1 is 1.19 bits per heavy atom. The van der Waals surface area contributed by atoms with E-state index < -0.39 is 0 Å². The standard InChI is InChI=1S/C17H23N3O/c1-19-16-8-3-2-7-14(16)15(13-17(19)21)18-9-6-12-20-10-4-5-11-20/h2-3,7-8,13,18H,4-6,9-12H2,1H3. The fourth-order valence-corrected chi connectivity index (χ4v) is 3.09. The zero-order chi connectivity index (χ0) is 14.7. The van der Waals surface area contributed by atoms with Crippen molar-refractivity contribution in [3.05, 3.63) is 40.7 Å². The summed E-state index contributed by atoms with van der Waals surface area (Å²) in [6, 6.07) is 9.75. The lowest BCUT2D eigenvalue weighted by Gasteiger charge is -2.16. The summed E-state index contributed by atoms with van der Waals surface area (Å²) in [4.78, 5) is 14.5. The number of fused-ring (bicyclic) bond motifs is 1. The monoisotopic (exact) mass is 285 g/mol. The Bertz CT molecular complexity index is 671. The maximum Gasteiger partial charge on any atom is 0.252 e. The second-order valence-electron chi connectivity index (χ2n) is 5.80. The summed E-state index contributed by atoms with van der Waals surface area (Å²) in [7, 11) is 1.82. The number of aryl methyl sites for hydroxylation is 1. The van der Waals surface area contributed by atoms with E-state index in [2.05, 4.69) is 16.3 Å². The Labute approximate surface area is 125 Å². The Kier molecular flexibility index (Phi) is 4.25. The van der Waals surface area contributed by atoms with E-state index in [0.29, 0.717) is 0 Å². The molecule has 112 valence electrons. The molecule has 1 aliphatic heterocycles. The molecule has 1 aliphatic rings. The molecule has 0 saturated carbocycles. The van der Waals surface area contributed by atoms with Crippen LogP contribution in [0.25, 0.3) is 10.9 Å².